The van der Waals surface area contributed by atoms with Crippen molar-refractivity contribution in [2.75, 3.05) is 12.4 Å². The van der Waals surface area contributed by atoms with E-state index in [1.807, 2.05) is 14.0 Å². The molecule has 0 fully saturated rings. The number of nitrogens with one attached hydrogen (secondary N) is 2. The molecule has 0 spiro atoms. The van der Waals surface area contributed by atoms with E-state index in [-0.39, 0.29) is 11.9 Å². The standard InChI is InChI=1S/C13H17FN4O/c1-9(7-10-3-5-11(14)6-4-10)16-13-18-17-12(19-13)8-15-2/h3-6,9,15H,7-8H2,1-2H3,(H,16,18). The highest BCUT2D eigenvalue weighted by Crippen LogP contribution is 2.11. The van der Waals surface area contributed by atoms with Gasteiger partial charge in [-0.15, -0.1) is 5.10 Å². The molecule has 1 atom stereocenters. The Bertz CT molecular complexity index is 512. The first-order valence-electron chi connectivity index (χ1n) is 6.15. The van der Waals surface area contributed by atoms with Gasteiger partial charge in [-0.25, -0.2) is 4.39 Å². The summed E-state index contributed by atoms with van der Waals surface area (Å²) in [5, 5.41) is 13.8. The Labute approximate surface area is 111 Å². The maximum absolute atomic E-state index is 12.8. The summed E-state index contributed by atoms with van der Waals surface area (Å²) >= 11 is 0. The van der Waals surface area contributed by atoms with Gasteiger partial charge in [0, 0.05) is 6.04 Å². The molecular weight excluding hydrogens is 247 g/mol. The second kappa shape index (κ2) is 6.29. The lowest BCUT2D eigenvalue weighted by Gasteiger charge is -2.11. The molecule has 0 amide bonds. The maximum Gasteiger partial charge on any atom is 0.315 e. The highest BCUT2D eigenvalue weighted by Gasteiger charge is 2.09. The zero-order valence-corrected chi connectivity index (χ0v) is 11.0. The predicted molar refractivity (Wildman–Crippen MR) is 70.3 cm³/mol. The predicted octanol–water partition coefficient (Wildman–Crippen LogP) is 1.97. The molecule has 6 heteroatoms. The van der Waals surface area contributed by atoms with Crippen LogP contribution in [-0.2, 0) is 13.0 Å². The first-order valence-corrected chi connectivity index (χ1v) is 6.15. The van der Waals surface area contributed by atoms with Crippen LogP contribution in [0.1, 0.15) is 18.4 Å². The molecule has 1 unspecified atom stereocenters. The first kappa shape index (κ1) is 13.5. The fourth-order valence-electron chi connectivity index (χ4n) is 1.77. The topological polar surface area (TPSA) is 63.0 Å². The van der Waals surface area contributed by atoms with Gasteiger partial charge >= 0.3 is 6.01 Å². The second-order valence-electron chi connectivity index (χ2n) is 4.41. The lowest BCUT2D eigenvalue weighted by atomic mass is 10.1. The molecule has 0 saturated heterocycles. The molecule has 0 aliphatic carbocycles. The molecule has 2 aromatic rings. The molecule has 0 radical (unpaired) electrons. The maximum atomic E-state index is 12.8. The van der Waals surface area contributed by atoms with Crippen molar-refractivity contribution in [1.29, 1.82) is 0 Å². The number of hydrogen-bond acceptors (Lipinski definition) is 5. The van der Waals surface area contributed by atoms with Crippen LogP contribution in [0.3, 0.4) is 0 Å². The van der Waals surface area contributed by atoms with Crippen molar-refractivity contribution in [3.05, 3.63) is 41.5 Å². The third-order valence-corrected chi connectivity index (χ3v) is 2.62. The second-order valence-corrected chi connectivity index (χ2v) is 4.41. The molecule has 1 heterocycles. The first-order chi connectivity index (χ1) is 9.17. The van der Waals surface area contributed by atoms with E-state index in [0.29, 0.717) is 18.5 Å². The van der Waals surface area contributed by atoms with Crippen molar-refractivity contribution in [3.8, 4) is 0 Å². The van der Waals surface area contributed by atoms with E-state index in [1.54, 1.807) is 12.1 Å². The minimum Gasteiger partial charge on any atom is -0.407 e. The summed E-state index contributed by atoms with van der Waals surface area (Å²) in [5.74, 6) is 0.317. The lowest BCUT2D eigenvalue weighted by Crippen LogP contribution is -2.18. The third-order valence-electron chi connectivity index (χ3n) is 2.62. The molecule has 0 aliphatic rings. The van der Waals surface area contributed by atoms with Crippen LogP contribution in [-0.4, -0.2) is 23.3 Å². The lowest BCUT2D eigenvalue weighted by molar-refractivity contribution is 0.485. The van der Waals surface area contributed by atoms with E-state index in [1.165, 1.54) is 12.1 Å². The van der Waals surface area contributed by atoms with Gasteiger partial charge in [-0.3, -0.25) is 0 Å². The van der Waals surface area contributed by atoms with Crippen LogP contribution in [0.2, 0.25) is 0 Å². The van der Waals surface area contributed by atoms with Gasteiger partial charge in [0.1, 0.15) is 5.82 Å². The van der Waals surface area contributed by atoms with E-state index in [0.717, 1.165) is 12.0 Å². The monoisotopic (exact) mass is 264 g/mol. The van der Waals surface area contributed by atoms with Crippen LogP contribution < -0.4 is 10.6 Å². The van der Waals surface area contributed by atoms with Crippen LogP contribution in [0, 0.1) is 5.82 Å². The average Bonchev–Trinajstić information content (AvgIpc) is 2.80. The van der Waals surface area contributed by atoms with Crippen molar-refractivity contribution in [3.63, 3.8) is 0 Å². The summed E-state index contributed by atoms with van der Waals surface area (Å²) in [4.78, 5) is 0. The number of nitrogens with zero attached hydrogens (tertiary/aromatic N) is 2. The molecule has 2 rings (SSSR count). The number of anilines is 1. The summed E-state index contributed by atoms with van der Waals surface area (Å²) in [5.41, 5.74) is 1.05. The summed E-state index contributed by atoms with van der Waals surface area (Å²) in [7, 11) is 1.81. The molecule has 0 bridgehead atoms. The fraction of sp³-hybridized carbons (Fsp3) is 0.385. The molecule has 1 aromatic carbocycles. The Morgan fingerprint density at radius 1 is 1.26 bits per heavy atom. The van der Waals surface area contributed by atoms with E-state index in [2.05, 4.69) is 20.8 Å². The van der Waals surface area contributed by atoms with Gasteiger partial charge in [0.05, 0.1) is 6.54 Å². The Morgan fingerprint density at radius 2 is 2.00 bits per heavy atom. The largest absolute Gasteiger partial charge is 0.407 e. The molecule has 102 valence electrons. The van der Waals surface area contributed by atoms with Crippen LogP contribution in [0.15, 0.2) is 28.7 Å². The van der Waals surface area contributed by atoms with Gasteiger partial charge in [0.15, 0.2) is 0 Å². The Balaban J connectivity index is 1.89. The Kier molecular flexibility index (Phi) is 4.46. The fourth-order valence-corrected chi connectivity index (χ4v) is 1.77. The van der Waals surface area contributed by atoms with Crippen LogP contribution in [0.4, 0.5) is 10.4 Å². The summed E-state index contributed by atoms with van der Waals surface area (Å²) in [6.07, 6.45) is 0.754. The van der Waals surface area contributed by atoms with Gasteiger partial charge in [-0.1, -0.05) is 17.2 Å². The highest BCUT2D eigenvalue weighted by molar-refractivity contribution is 5.23. The minimum absolute atomic E-state index is 0.119. The van der Waals surface area contributed by atoms with Crippen molar-refractivity contribution in [1.82, 2.24) is 15.5 Å². The van der Waals surface area contributed by atoms with E-state index in [4.69, 9.17) is 4.42 Å². The van der Waals surface area contributed by atoms with Crippen LogP contribution in [0.5, 0.6) is 0 Å². The quantitative estimate of drug-likeness (QED) is 0.835. The zero-order chi connectivity index (χ0) is 13.7. The van der Waals surface area contributed by atoms with Crippen molar-refractivity contribution >= 4 is 6.01 Å². The van der Waals surface area contributed by atoms with Crippen molar-refractivity contribution < 1.29 is 8.81 Å². The van der Waals surface area contributed by atoms with Gasteiger partial charge in [-0.2, -0.15) is 0 Å². The zero-order valence-electron chi connectivity index (χ0n) is 11.0. The Morgan fingerprint density at radius 3 is 2.68 bits per heavy atom. The molecular formula is C13H17FN4O. The van der Waals surface area contributed by atoms with Gasteiger partial charge in [0.2, 0.25) is 5.89 Å². The number of aromatic nitrogens is 2. The number of hydrogen-bond donors (Lipinski definition) is 2. The van der Waals surface area contributed by atoms with Gasteiger partial charge in [0.25, 0.3) is 0 Å². The van der Waals surface area contributed by atoms with E-state index < -0.39 is 0 Å². The Hall–Kier alpha value is -1.95. The molecule has 0 saturated carbocycles. The van der Waals surface area contributed by atoms with Crippen LogP contribution >= 0.6 is 0 Å². The number of halogens is 1. The number of benzene rings is 1. The summed E-state index contributed by atoms with van der Waals surface area (Å²) in [6, 6.07) is 6.98. The average molecular weight is 264 g/mol. The minimum atomic E-state index is -0.224. The summed E-state index contributed by atoms with van der Waals surface area (Å²) < 4.78 is 18.2. The third kappa shape index (κ3) is 4.03. The molecule has 5 nitrogen and oxygen atoms in total. The van der Waals surface area contributed by atoms with Gasteiger partial charge in [-0.05, 0) is 38.1 Å². The molecule has 19 heavy (non-hydrogen) atoms. The van der Waals surface area contributed by atoms with Gasteiger partial charge < -0.3 is 15.1 Å². The SMILES string of the molecule is CNCc1nnc(NC(C)Cc2ccc(F)cc2)o1. The van der Waals surface area contributed by atoms with Crippen LogP contribution in [0.25, 0.3) is 0 Å². The molecule has 1 aromatic heterocycles. The van der Waals surface area contributed by atoms with Crippen molar-refractivity contribution in [2.45, 2.75) is 25.9 Å². The summed E-state index contributed by atoms with van der Waals surface area (Å²) in [6.45, 7) is 2.55. The molecule has 0 aliphatic heterocycles. The highest BCUT2D eigenvalue weighted by atomic mass is 19.1. The van der Waals surface area contributed by atoms with Crippen molar-refractivity contribution in [2.24, 2.45) is 0 Å². The van der Waals surface area contributed by atoms with E-state index >= 15 is 0 Å². The smallest absolute Gasteiger partial charge is 0.315 e. The van der Waals surface area contributed by atoms with E-state index in [9.17, 15) is 4.39 Å². The molecule has 2 N–H and O–H groups in total. The normalized spacial score (nSPS) is 12.4. The number of rotatable bonds is 6.